The monoisotopic (exact) mass is 287 g/mol. The molecule has 0 radical (unpaired) electrons. The number of nitro benzene ring substituents is 1. The molecule has 7 heteroatoms. The molecule has 6 nitrogen and oxygen atoms in total. The van der Waals surface area contributed by atoms with E-state index in [2.05, 4.69) is 10.3 Å². The number of aromatic nitrogens is 1. The molecule has 0 atom stereocenters. The molecule has 0 saturated heterocycles. The molecule has 1 heterocycles. The largest absolute Gasteiger partial charge is 0.424 e. The number of hydrogen-bond acceptors (Lipinski definition) is 5. The van der Waals surface area contributed by atoms with Crippen molar-refractivity contribution < 1.29 is 13.7 Å². The van der Waals surface area contributed by atoms with E-state index in [0.29, 0.717) is 16.7 Å². The summed E-state index contributed by atoms with van der Waals surface area (Å²) < 4.78 is 18.4. The molecular formula is C14H10FN3O3. The van der Waals surface area contributed by atoms with Gasteiger partial charge in [-0.15, -0.1) is 0 Å². The van der Waals surface area contributed by atoms with Gasteiger partial charge in [0.1, 0.15) is 11.3 Å². The Morgan fingerprint density at radius 1 is 1.29 bits per heavy atom. The third kappa shape index (κ3) is 2.66. The van der Waals surface area contributed by atoms with Gasteiger partial charge in [-0.3, -0.25) is 10.1 Å². The topological polar surface area (TPSA) is 81.2 Å². The lowest BCUT2D eigenvalue weighted by Crippen LogP contribution is -2.02. The lowest BCUT2D eigenvalue weighted by molar-refractivity contribution is -0.385. The van der Waals surface area contributed by atoms with Crippen LogP contribution in [0.15, 0.2) is 46.9 Å². The molecule has 0 aliphatic carbocycles. The molecule has 2 aromatic carbocycles. The fourth-order valence-corrected chi connectivity index (χ4v) is 1.99. The van der Waals surface area contributed by atoms with Crippen molar-refractivity contribution in [2.45, 2.75) is 6.54 Å². The predicted octanol–water partition coefficient (Wildman–Crippen LogP) is 3.49. The lowest BCUT2D eigenvalue weighted by atomic mass is 10.2. The second-order valence-electron chi connectivity index (χ2n) is 4.37. The van der Waals surface area contributed by atoms with Crippen molar-refractivity contribution in [2.24, 2.45) is 0 Å². The van der Waals surface area contributed by atoms with Crippen molar-refractivity contribution in [3.63, 3.8) is 0 Å². The Morgan fingerprint density at radius 3 is 2.90 bits per heavy atom. The van der Waals surface area contributed by atoms with E-state index in [-0.39, 0.29) is 18.2 Å². The minimum Gasteiger partial charge on any atom is -0.424 e. The Labute approximate surface area is 118 Å². The number of nitrogens with one attached hydrogen (secondary N) is 1. The first-order chi connectivity index (χ1) is 10.1. The van der Waals surface area contributed by atoms with Crippen molar-refractivity contribution in [2.75, 3.05) is 5.32 Å². The van der Waals surface area contributed by atoms with Gasteiger partial charge in [0.25, 0.3) is 11.7 Å². The van der Waals surface area contributed by atoms with Crippen LogP contribution in [0.4, 0.5) is 16.1 Å². The smallest absolute Gasteiger partial charge is 0.295 e. The van der Waals surface area contributed by atoms with Crippen LogP contribution < -0.4 is 5.32 Å². The van der Waals surface area contributed by atoms with Crippen LogP contribution in [0.5, 0.6) is 0 Å². The SMILES string of the molecule is O=[N+]([O-])c1ccccc1CNc1nc2cc(F)ccc2o1. The number of oxazole rings is 1. The normalized spacial score (nSPS) is 10.7. The second kappa shape index (κ2) is 5.20. The number of hydrogen-bond donors (Lipinski definition) is 1. The number of anilines is 1. The average Bonchev–Trinajstić information content (AvgIpc) is 2.87. The molecule has 0 aliphatic rings. The number of halogens is 1. The molecule has 0 spiro atoms. The minimum absolute atomic E-state index is 0.0205. The lowest BCUT2D eigenvalue weighted by Gasteiger charge is -2.02. The molecule has 0 aliphatic heterocycles. The van der Waals surface area contributed by atoms with Gasteiger partial charge < -0.3 is 9.73 Å². The number of para-hydroxylation sites is 1. The van der Waals surface area contributed by atoms with Gasteiger partial charge in [-0.05, 0) is 12.1 Å². The van der Waals surface area contributed by atoms with Crippen LogP contribution in [0.1, 0.15) is 5.56 Å². The molecule has 0 unspecified atom stereocenters. The van der Waals surface area contributed by atoms with E-state index in [0.717, 1.165) is 0 Å². The Balaban J connectivity index is 1.82. The quantitative estimate of drug-likeness (QED) is 0.586. The van der Waals surface area contributed by atoms with E-state index in [4.69, 9.17) is 4.42 Å². The van der Waals surface area contributed by atoms with Crippen molar-refractivity contribution in [3.8, 4) is 0 Å². The van der Waals surface area contributed by atoms with E-state index < -0.39 is 10.7 Å². The first-order valence-electron chi connectivity index (χ1n) is 6.16. The summed E-state index contributed by atoms with van der Waals surface area (Å²) in [5.41, 5.74) is 1.37. The van der Waals surface area contributed by atoms with Crippen molar-refractivity contribution in [3.05, 3.63) is 64.0 Å². The fraction of sp³-hybridized carbons (Fsp3) is 0.0714. The molecule has 1 aromatic heterocycles. The maximum atomic E-state index is 13.1. The van der Waals surface area contributed by atoms with Crippen LogP contribution in [0.3, 0.4) is 0 Å². The van der Waals surface area contributed by atoms with Gasteiger partial charge in [0, 0.05) is 17.7 Å². The molecule has 1 N–H and O–H groups in total. The van der Waals surface area contributed by atoms with Crippen LogP contribution in [0, 0.1) is 15.9 Å². The van der Waals surface area contributed by atoms with Crippen LogP contribution in [0.25, 0.3) is 11.1 Å². The zero-order valence-electron chi connectivity index (χ0n) is 10.7. The summed E-state index contributed by atoms with van der Waals surface area (Å²) in [6, 6.07) is 10.6. The summed E-state index contributed by atoms with van der Waals surface area (Å²) in [4.78, 5) is 14.5. The zero-order valence-corrected chi connectivity index (χ0v) is 10.7. The minimum atomic E-state index is -0.446. The second-order valence-corrected chi connectivity index (χ2v) is 4.37. The van der Waals surface area contributed by atoms with Gasteiger partial charge >= 0.3 is 0 Å². The van der Waals surface area contributed by atoms with Gasteiger partial charge in [0.15, 0.2) is 5.58 Å². The standard InChI is InChI=1S/C14H10FN3O3/c15-10-5-6-13-11(7-10)17-14(21-13)16-8-9-3-1-2-4-12(9)18(19)20/h1-7H,8H2,(H,16,17). The maximum absolute atomic E-state index is 13.1. The Hall–Kier alpha value is -2.96. The summed E-state index contributed by atoms with van der Waals surface area (Å²) in [6.07, 6.45) is 0. The number of nitrogens with zero attached hydrogens (tertiary/aromatic N) is 2. The Morgan fingerprint density at radius 2 is 2.10 bits per heavy atom. The van der Waals surface area contributed by atoms with Gasteiger partial charge in [0.2, 0.25) is 0 Å². The number of nitro groups is 1. The highest BCUT2D eigenvalue weighted by Gasteiger charge is 2.13. The van der Waals surface area contributed by atoms with Crippen LogP contribution in [-0.2, 0) is 6.54 Å². The molecule has 106 valence electrons. The highest BCUT2D eigenvalue weighted by atomic mass is 19.1. The number of rotatable bonds is 4. The first-order valence-corrected chi connectivity index (χ1v) is 6.16. The molecule has 0 amide bonds. The summed E-state index contributed by atoms with van der Waals surface area (Å²) in [5, 5.41) is 13.8. The summed E-state index contributed by atoms with van der Waals surface area (Å²) >= 11 is 0. The number of fused-ring (bicyclic) bond motifs is 1. The average molecular weight is 287 g/mol. The first kappa shape index (κ1) is 13.0. The van der Waals surface area contributed by atoms with E-state index >= 15 is 0 Å². The highest BCUT2D eigenvalue weighted by Crippen LogP contribution is 2.22. The van der Waals surface area contributed by atoms with Crippen LogP contribution >= 0.6 is 0 Å². The summed E-state index contributed by atoms with van der Waals surface area (Å²) in [5.74, 6) is -0.402. The zero-order chi connectivity index (χ0) is 14.8. The van der Waals surface area contributed by atoms with E-state index in [9.17, 15) is 14.5 Å². The van der Waals surface area contributed by atoms with Crippen LogP contribution in [-0.4, -0.2) is 9.91 Å². The molecule has 21 heavy (non-hydrogen) atoms. The fourth-order valence-electron chi connectivity index (χ4n) is 1.99. The third-order valence-electron chi connectivity index (χ3n) is 2.97. The predicted molar refractivity (Wildman–Crippen MR) is 74.4 cm³/mol. The Bertz CT molecular complexity index is 816. The Kier molecular flexibility index (Phi) is 3.23. The summed E-state index contributed by atoms with van der Waals surface area (Å²) in [6.45, 7) is 0.187. The molecular weight excluding hydrogens is 277 g/mol. The van der Waals surface area contributed by atoms with Gasteiger partial charge in [-0.25, -0.2) is 4.39 Å². The van der Waals surface area contributed by atoms with Gasteiger partial charge in [0.05, 0.1) is 11.5 Å². The molecule has 0 saturated carbocycles. The maximum Gasteiger partial charge on any atom is 0.295 e. The van der Waals surface area contributed by atoms with Crippen LogP contribution in [0.2, 0.25) is 0 Å². The van der Waals surface area contributed by atoms with Gasteiger partial charge in [-0.1, -0.05) is 18.2 Å². The van der Waals surface area contributed by atoms with E-state index in [1.165, 1.54) is 24.3 Å². The van der Waals surface area contributed by atoms with E-state index in [1.807, 2.05) is 0 Å². The number of benzene rings is 2. The van der Waals surface area contributed by atoms with Crippen molar-refractivity contribution in [1.82, 2.24) is 4.98 Å². The van der Waals surface area contributed by atoms with Crippen molar-refractivity contribution >= 4 is 22.8 Å². The molecule has 3 rings (SSSR count). The third-order valence-corrected chi connectivity index (χ3v) is 2.97. The van der Waals surface area contributed by atoms with Gasteiger partial charge in [-0.2, -0.15) is 4.98 Å². The molecule has 3 aromatic rings. The highest BCUT2D eigenvalue weighted by molar-refractivity contribution is 5.74. The summed E-state index contributed by atoms with van der Waals surface area (Å²) in [7, 11) is 0. The molecule has 0 bridgehead atoms. The van der Waals surface area contributed by atoms with Crippen molar-refractivity contribution in [1.29, 1.82) is 0 Å². The van der Waals surface area contributed by atoms with E-state index in [1.54, 1.807) is 18.2 Å². The molecule has 0 fully saturated rings.